The van der Waals surface area contributed by atoms with Crippen LogP contribution in [0, 0.1) is 0 Å². The quantitative estimate of drug-likeness (QED) is 0.574. The second-order valence-corrected chi connectivity index (χ2v) is 4.40. The van der Waals surface area contributed by atoms with E-state index in [0.717, 1.165) is 31.9 Å². The summed E-state index contributed by atoms with van der Waals surface area (Å²) in [5.74, 6) is 0.958. The van der Waals surface area contributed by atoms with E-state index in [1.54, 1.807) is 0 Å². The first-order valence-corrected chi connectivity index (χ1v) is 6.28. The van der Waals surface area contributed by atoms with Gasteiger partial charge in [-0.25, -0.2) is 0 Å². The molecule has 2 heteroatoms. The molecule has 0 aliphatic heterocycles. The number of hydrogen-bond donors (Lipinski definition) is 1. The van der Waals surface area contributed by atoms with E-state index in [1.165, 1.54) is 11.1 Å². The van der Waals surface area contributed by atoms with Gasteiger partial charge in [-0.1, -0.05) is 30.7 Å². The van der Waals surface area contributed by atoms with E-state index in [9.17, 15) is 0 Å². The smallest absolute Gasteiger partial charge is 0.119 e. The maximum absolute atomic E-state index is 5.54. The van der Waals surface area contributed by atoms with Crippen LogP contribution in [0.5, 0.6) is 5.75 Å². The molecule has 0 bridgehead atoms. The highest BCUT2D eigenvalue weighted by Crippen LogP contribution is 2.12. The predicted octanol–water partition coefficient (Wildman–Crippen LogP) is 3.53. The minimum absolute atomic E-state index is 0.790. The molecule has 0 radical (unpaired) electrons. The van der Waals surface area contributed by atoms with E-state index in [1.807, 2.05) is 12.1 Å². The highest BCUT2D eigenvalue weighted by Gasteiger charge is 1.94. The molecule has 2 nitrogen and oxygen atoms in total. The normalized spacial score (nSPS) is 10.1. The van der Waals surface area contributed by atoms with Crippen molar-refractivity contribution in [3.8, 4) is 5.75 Å². The van der Waals surface area contributed by atoms with Crippen molar-refractivity contribution < 1.29 is 4.74 Å². The maximum Gasteiger partial charge on any atom is 0.119 e. The molecule has 0 amide bonds. The Bertz CT molecular complexity index is 336. The third-order valence-corrected chi connectivity index (χ3v) is 2.38. The van der Waals surface area contributed by atoms with Gasteiger partial charge in [-0.3, -0.25) is 0 Å². The van der Waals surface area contributed by atoms with Crippen LogP contribution in [0.15, 0.2) is 35.9 Å². The standard InChI is InChI=1S/C15H23NO/c1-4-11-17-15-7-5-14(6-8-15)12-16-10-9-13(2)3/h5-9,16H,4,10-12H2,1-3H3. The monoisotopic (exact) mass is 233 g/mol. The largest absolute Gasteiger partial charge is 0.494 e. The van der Waals surface area contributed by atoms with Crippen LogP contribution in [0.2, 0.25) is 0 Å². The average Bonchev–Trinajstić information content (AvgIpc) is 2.33. The average molecular weight is 233 g/mol. The Labute approximate surface area is 105 Å². The van der Waals surface area contributed by atoms with E-state index in [4.69, 9.17) is 4.74 Å². The van der Waals surface area contributed by atoms with Crippen molar-refractivity contribution in [1.29, 1.82) is 0 Å². The number of allylic oxidation sites excluding steroid dienone is 1. The van der Waals surface area contributed by atoms with E-state index < -0.39 is 0 Å². The maximum atomic E-state index is 5.54. The van der Waals surface area contributed by atoms with Crippen LogP contribution in [0.25, 0.3) is 0 Å². The molecule has 0 atom stereocenters. The van der Waals surface area contributed by atoms with E-state index in [0.29, 0.717) is 0 Å². The van der Waals surface area contributed by atoms with Crippen molar-refractivity contribution in [2.75, 3.05) is 13.2 Å². The van der Waals surface area contributed by atoms with E-state index in [2.05, 4.69) is 44.3 Å². The zero-order chi connectivity index (χ0) is 12.5. The van der Waals surface area contributed by atoms with Crippen LogP contribution in [0.1, 0.15) is 32.8 Å². The summed E-state index contributed by atoms with van der Waals surface area (Å²) in [6.45, 7) is 8.96. The number of rotatable bonds is 7. The summed E-state index contributed by atoms with van der Waals surface area (Å²) in [4.78, 5) is 0. The molecule has 0 heterocycles. The Morgan fingerprint density at radius 3 is 2.53 bits per heavy atom. The van der Waals surface area contributed by atoms with Gasteiger partial charge in [0.25, 0.3) is 0 Å². The first-order valence-electron chi connectivity index (χ1n) is 6.28. The molecule has 0 aliphatic carbocycles. The van der Waals surface area contributed by atoms with Crippen LogP contribution in [-0.2, 0) is 6.54 Å². The Kier molecular flexibility index (Phi) is 6.41. The molecule has 0 aliphatic rings. The molecule has 0 saturated heterocycles. The van der Waals surface area contributed by atoms with E-state index >= 15 is 0 Å². The lowest BCUT2D eigenvalue weighted by Crippen LogP contribution is -2.12. The number of nitrogens with one attached hydrogen (secondary N) is 1. The number of ether oxygens (including phenoxy) is 1. The Morgan fingerprint density at radius 1 is 1.24 bits per heavy atom. The third kappa shape index (κ3) is 6.12. The summed E-state index contributed by atoms with van der Waals surface area (Å²) in [6, 6.07) is 8.29. The summed E-state index contributed by atoms with van der Waals surface area (Å²) < 4.78 is 5.54. The number of benzene rings is 1. The summed E-state index contributed by atoms with van der Waals surface area (Å²) >= 11 is 0. The van der Waals surface area contributed by atoms with Crippen molar-refractivity contribution >= 4 is 0 Å². The Hall–Kier alpha value is -1.28. The minimum atomic E-state index is 0.790. The molecular weight excluding hydrogens is 210 g/mol. The second kappa shape index (κ2) is 7.91. The highest BCUT2D eigenvalue weighted by molar-refractivity contribution is 5.27. The zero-order valence-electron chi connectivity index (χ0n) is 11.1. The fraction of sp³-hybridized carbons (Fsp3) is 0.467. The molecule has 0 saturated carbocycles. The van der Waals surface area contributed by atoms with Crippen molar-refractivity contribution in [2.24, 2.45) is 0 Å². The second-order valence-electron chi connectivity index (χ2n) is 4.40. The van der Waals surface area contributed by atoms with Crippen LogP contribution < -0.4 is 10.1 Å². The van der Waals surface area contributed by atoms with Gasteiger partial charge in [0.1, 0.15) is 5.75 Å². The Balaban J connectivity index is 2.32. The van der Waals surface area contributed by atoms with Gasteiger partial charge in [0.2, 0.25) is 0 Å². The topological polar surface area (TPSA) is 21.3 Å². The predicted molar refractivity (Wildman–Crippen MR) is 73.4 cm³/mol. The van der Waals surface area contributed by atoms with Gasteiger partial charge in [-0.15, -0.1) is 0 Å². The van der Waals surface area contributed by atoms with Crippen LogP contribution in [0.4, 0.5) is 0 Å². The summed E-state index contributed by atoms with van der Waals surface area (Å²) in [5.41, 5.74) is 2.64. The zero-order valence-corrected chi connectivity index (χ0v) is 11.1. The summed E-state index contributed by atoms with van der Waals surface area (Å²) in [5, 5.41) is 3.38. The van der Waals surface area contributed by atoms with Crippen molar-refractivity contribution in [2.45, 2.75) is 33.7 Å². The lowest BCUT2D eigenvalue weighted by molar-refractivity contribution is 0.317. The molecule has 1 aromatic rings. The molecule has 0 fully saturated rings. The Morgan fingerprint density at radius 2 is 1.94 bits per heavy atom. The van der Waals surface area contributed by atoms with Crippen LogP contribution >= 0.6 is 0 Å². The first kappa shape index (κ1) is 13.8. The molecule has 94 valence electrons. The molecule has 1 N–H and O–H groups in total. The molecular formula is C15H23NO. The fourth-order valence-corrected chi connectivity index (χ4v) is 1.42. The lowest BCUT2D eigenvalue weighted by Gasteiger charge is -2.06. The number of hydrogen-bond acceptors (Lipinski definition) is 2. The van der Waals surface area contributed by atoms with Gasteiger partial charge in [0.05, 0.1) is 6.61 Å². The fourth-order valence-electron chi connectivity index (χ4n) is 1.42. The molecule has 17 heavy (non-hydrogen) atoms. The molecule has 0 unspecified atom stereocenters. The van der Waals surface area contributed by atoms with Crippen molar-refractivity contribution in [1.82, 2.24) is 5.32 Å². The molecule has 1 aromatic carbocycles. The van der Waals surface area contributed by atoms with Gasteiger partial charge in [-0.2, -0.15) is 0 Å². The molecule has 1 rings (SSSR count). The van der Waals surface area contributed by atoms with E-state index in [-0.39, 0.29) is 0 Å². The van der Waals surface area contributed by atoms with Gasteiger partial charge in [-0.05, 0) is 38.0 Å². The SMILES string of the molecule is CCCOc1ccc(CNCC=C(C)C)cc1. The van der Waals surface area contributed by atoms with Crippen molar-refractivity contribution in [3.05, 3.63) is 41.5 Å². The third-order valence-electron chi connectivity index (χ3n) is 2.38. The molecule has 0 aromatic heterocycles. The van der Waals surface area contributed by atoms with Gasteiger partial charge in [0.15, 0.2) is 0 Å². The van der Waals surface area contributed by atoms with Gasteiger partial charge in [0, 0.05) is 13.1 Å². The van der Waals surface area contributed by atoms with Gasteiger partial charge >= 0.3 is 0 Å². The van der Waals surface area contributed by atoms with Gasteiger partial charge < -0.3 is 10.1 Å². The van der Waals surface area contributed by atoms with Crippen LogP contribution in [-0.4, -0.2) is 13.2 Å². The van der Waals surface area contributed by atoms with Crippen LogP contribution in [0.3, 0.4) is 0 Å². The summed E-state index contributed by atoms with van der Waals surface area (Å²) in [6.07, 6.45) is 3.24. The van der Waals surface area contributed by atoms with Crippen molar-refractivity contribution in [3.63, 3.8) is 0 Å². The summed E-state index contributed by atoms with van der Waals surface area (Å²) in [7, 11) is 0. The lowest BCUT2D eigenvalue weighted by atomic mass is 10.2. The minimum Gasteiger partial charge on any atom is -0.494 e. The highest BCUT2D eigenvalue weighted by atomic mass is 16.5. The molecule has 0 spiro atoms. The first-order chi connectivity index (χ1) is 8.22.